The second-order valence-electron chi connectivity index (χ2n) is 5.48. The number of carbonyl (C=O) groups is 1. The van der Waals surface area contributed by atoms with Gasteiger partial charge in [-0.05, 0) is 12.1 Å². The Bertz CT molecular complexity index is 874. The molecule has 0 saturated carbocycles. The largest absolute Gasteiger partial charge is 0.406 e. The van der Waals surface area contributed by atoms with Gasteiger partial charge in [-0.2, -0.15) is 17.5 Å². The highest BCUT2D eigenvalue weighted by atomic mass is 32.2. The lowest BCUT2D eigenvalue weighted by atomic mass is 10.4. The van der Waals surface area contributed by atoms with Crippen molar-refractivity contribution in [2.24, 2.45) is 0 Å². The summed E-state index contributed by atoms with van der Waals surface area (Å²) in [7, 11) is -2.62. The van der Waals surface area contributed by atoms with E-state index in [9.17, 15) is 26.4 Å². The molecule has 0 atom stereocenters. The van der Waals surface area contributed by atoms with Gasteiger partial charge in [-0.25, -0.2) is 13.4 Å². The first-order valence-corrected chi connectivity index (χ1v) is 9.61. The van der Waals surface area contributed by atoms with Crippen molar-refractivity contribution in [3.8, 4) is 0 Å². The van der Waals surface area contributed by atoms with Crippen molar-refractivity contribution in [1.82, 2.24) is 19.2 Å². The molecule has 0 aliphatic carbocycles. The van der Waals surface area contributed by atoms with Gasteiger partial charge in [-0.3, -0.25) is 4.79 Å². The van der Waals surface area contributed by atoms with Crippen LogP contribution in [0.5, 0.6) is 0 Å². The first-order chi connectivity index (χ1) is 12.0. The number of thiophene rings is 1. The van der Waals surface area contributed by atoms with Gasteiger partial charge >= 0.3 is 6.18 Å². The van der Waals surface area contributed by atoms with Crippen molar-refractivity contribution in [2.45, 2.75) is 36.9 Å². The Kier molecular flexibility index (Phi) is 6.09. The second kappa shape index (κ2) is 7.76. The van der Waals surface area contributed by atoms with Gasteiger partial charge in [0.15, 0.2) is 0 Å². The first-order valence-electron chi connectivity index (χ1n) is 7.35. The zero-order valence-electron chi connectivity index (χ0n) is 13.9. The van der Waals surface area contributed by atoms with Crippen molar-refractivity contribution < 1.29 is 26.4 Å². The van der Waals surface area contributed by atoms with Gasteiger partial charge in [-0.15, -0.1) is 11.3 Å². The highest BCUT2D eigenvalue weighted by molar-refractivity contribution is 7.91. The highest BCUT2D eigenvalue weighted by Crippen LogP contribution is 2.25. The lowest BCUT2D eigenvalue weighted by Gasteiger charge is -2.17. The number of rotatable bonds is 7. The molecule has 0 spiro atoms. The lowest BCUT2D eigenvalue weighted by Crippen LogP contribution is -2.28. The molecule has 26 heavy (non-hydrogen) atoms. The maximum atomic E-state index is 12.6. The van der Waals surface area contributed by atoms with Gasteiger partial charge in [0, 0.05) is 31.2 Å². The zero-order valence-corrected chi connectivity index (χ0v) is 15.6. The SMILES string of the molecule is CC(=O)NCc1ccc(S(=O)(=O)N(C)Cc2nccn2CC(F)(F)F)s1. The summed E-state index contributed by atoms with van der Waals surface area (Å²) < 4.78 is 64.7. The average Bonchev–Trinajstić information content (AvgIpc) is 3.13. The molecular formula is C14H17F3N4O3S2. The van der Waals surface area contributed by atoms with Gasteiger partial charge in [0.2, 0.25) is 5.91 Å². The summed E-state index contributed by atoms with van der Waals surface area (Å²) in [5.74, 6) is -0.250. The molecule has 2 rings (SSSR count). The maximum absolute atomic E-state index is 12.6. The van der Waals surface area contributed by atoms with Gasteiger partial charge < -0.3 is 9.88 Å². The van der Waals surface area contributed by atoms with Crippen LogP contribution < -0.4 is 5.32 Å². The molecule has 0 radical (unpaired) electrons. The number of nitrogens with zero attached hydrogens (tertiary/aromatic N) is 3. The summed E-state index contributed by atoms with van der Waals surface area (Å²) in [5.41, 5.74) is 0. The smallest absolute Gasteiger partial charge is 0.351 e. The molecule has 0 fully saturated rings. The normalized spacial score (nSPS) is 12.5. The number of imidazole rings is 1. The number of hydrogen-bond acceptors (Lipinski definition) is 5. The number of halogens is 3. The van der Waals surface area contributed by atoms with Crippen LogP contribution in [0.25, 0.3) is 0 Å². The van der Waals surface area contributed by atoms with Crippen molar-refractivity contribution in [2.75, 3.05) is 7.05 Å². The summed E-state index contributed by atoms with van der Waals surface area (Å²) in [4.78, 5) is 15.4. The average molecular weight is 410 g/mol. The third kappa shape index (κ3) is 5.29. The number of amides is 1. The van der Waals surface area contributed by atoms with Crippen LogP contribution >= 0.6 is 11.3 Å². The van der Waals surface area contributed by atoms with Crippen molar-refractivity contribution >= 4 is 27.3 Å². The quantitative estimate of drug-likeness (QED) is 0.756. The van der Waals surface area contributed by atoms with E-state index in [-0.39, 0.29) is 29.0 Å². The number of nitrogens with one attached hydrogen (secondary N) is 1. The van der Waals surface area contributed by atoms with Crippen LogP contribution in [0.1, 0.15) is 17.6 Å². The van der Waals surface area contributed by atoms with Crippen LogP contribution in [-0.4, -0.2) is 41.4 Å². The number of carbonyl (C=O) groups excluding carboxylic acids is 1. The van der Waals surface area contributed by atoms with E-state index in [0.29, 0.717) is 4.88 Å². The molecule has 2 aromatic heterocycles. The third-order valence-corrected chi connectivity index (χ3v) is 6.68. The summed E-state index contributed by atoms with van der Waals surface area (Å²) in [6.45, 7) is 0.0117. The number of aromatic nitrogens is 2. The molecule has 0 saturated heterocycles. The Morgan fingerprint density at radius 2 is 2.08 bits per heavy atom. The third-order valence-electron chi connectivity index (χ3n) is 3.33. The van der Waals surface area contributed by atoms with E-state index in [1.54, 1.807) is 6.07 Å². The number of hydrogen-bond donors (Lipinski definition) is 1. The van der Waals surface area contributed by atoms with E-state index in [4.69, 9.17) is 0 Å². The van der Waals surface area contributed by atoms with Crippen LogP contribution in [0.15, 0.2) is 28.7 Å². The molecule has 12 heteroatoms. The summed E-state index contributed by atoms with van der Waals surface area (Å²) >= 11 is 0.985. The Morgan fingerprint density at radius 3 is 2.69 bits per heavy atom. The predicted octanol–water partition coefficient (Wildman–Crippen LogP) is 1.96. The van der Waals surface area contributed by atoms with E-state index >= 15 is 0 Å². The minimum absolute atomic E-state index is 0.0107. The number of alkyl halides is 3. The summed E-state index contributed by atoms with van der Waals surface area (Å²) in [5, 5.41) is 2.56. The van der Waals surface area contributed by atoms with Crippen LogP contribution in [0, 0.1) is 0 Å². The Hall–Kier alpha value is -1.92. The zero-order chi connectivity index (χ0) is 19.5. The van der Waals surface area contributed by atoms with Crippen LogP contribution in [0.2, 0.25) is 0 Å². The van der Waals surface area contributed by atoms with E-state index in [1.807, 2.05) is 0 Å². The molecule has 0 bridgehead atoms. The molecule has 2 heterocycles. The van der Waals surface area contributed by atoms with Gasteiger partial charge in [0.05, 0.1) is 13.1 Å². The first kappa shape index (κ1) is 20.4. The predicted molar refractivity (Wildman–Crippen MR) is 88.8 cm³/mol. The van der Waals surface area contributed by atoms with Crippen molar-refractivity contribution in [1.29, 1.82) is 0 Å². The molecule has 0 aliphatic heterocycles. The van der Waals surface area contributed by atoms with Gasteiger partial charge in [-0.1, -0.05) is 0 Å². The minimum atomic E-state index is -4.43. The number of sulfonamides is 1. The molecule has 2 aromatic rings. The molecule has 1 N–H and O–H groups in total. The van der Waals surface area contributed by atoms with Gasteiger partial charge in [0.1, 0.15) is 16.6 Å². The fourth-order valence-corrected chi connectivity index (χ4v) is 4.70. The molecule has 144 valence electrons. The summed E-state index contributed by atoms with van der Waals surface area (Å²) in [6, 6.07) is 2.97. The molecule has 0 aliphatic rings. The highest BCUT2D eigenvalue weighted by Gasteiger charge is 2.30. The standard InChI is InChI=1S/C14H17F3N4O3S2/c1-10(22)19-7-11-3-4-13(25-11)26(23,24)20(2)8-12-18-5-6-21(12)9-14(15,16)17/h3-6H,7-9H2,1-2H3,(H,19,22). The Labute approximate surface area is 152 Å². The van der Waals surface area contributed by atoms with Crippen LogP contribution in [0.4, 0.5) is 13.2 Å². The Balaban J connectivity index is 2.13. The van der Waals surface area contributed by atoms with E-state index in [2.05, 4.69) is 10.3 Å². The van der Waals surface area contributed by atoms with Crippen LogP contribution in [0.3, 0.4) is 0 Å². The lowest BCUT2D eigenvalue weighted by molar-refractivity contribution is -0.141. The maximum Gasteiger partial charge on any atom is 0.406 e. The Morgan fingerprint density at radius 1 is 1.38 bits per heavy atom. The molecule has 0 unspecified atom stereocenters. The summed E-state index contributed by atoms with van der Waals surface area (Å²) in [6.07, 6.45) is -2.09. The van der Waals surface area contributed by atoms with E-state index in [1.165, 1.54) is 26.2 Å². The van der Waals surface area contributed by atoms with E-state index < -0.39 is 22.7 Å². The van der Waals surface area contributed by atoms with Gasteiger partial charge in [0.25, 0.3) is 10.0 Å². The minimum Gasteiger partial charge on any atom is -0.351 e. The fraction of sp³-hybridized carbons (Fsp3) is 0.429. The molecule has 1 amide bonds. The topological polar surface area (TPSA) is 84.3 Å². The fourth-order valence-electron chi connectivity index (χ4n) is 2.07. The van der Waals surface area contributed by atoms with Crippen molar-refractivity contribution in [3.05, 3.63) is 35.2 Å². The van der Waals surface area contributed by atoms with Crippen LogP contribution in [-0.2, 0) is 34.5 Å². The monoisotopic (exact) mass is 410 g/mol. The second-order valence-corrected chi connectivity index (χ2v) is 8.92. The molecule has 0 aromatic carbocycles. The van der Waals surface area contributed by atoms with E-state index in [0.717, 1.165) is 26.4 Å². The molecular weight excluding hydrogens is 393 g/mol. The van der Waals surface area contributed by atoms with Crippen molar-refractivity contribution in [3.63, 3.8) is 0 Å². The molecule has 7 nitrogen and oxygen atoms in total.